The number of amides is 1. The molecule has 1 saturated carbocycles. The van der Waals surface area contributed by atoms with Crippen molar-refractivity contribution >= 4 is 55.3 Å². The third-order valence-corrected chi connectivity index (χ3v) is 9.71. The molecule has 0 spiro atoms. The normalized spacial score (nSPS) is 24.5. The molecule has 36 heavy (non-hydrogen) atoms. The quantitative estimate of drug-likeness (QED) is 0.391. The van der Waals surface area contributed by atoms with Crippen LogP contribution in [0.4, 0.5) is 0 Å². The van der Waals surface area contributed by atoms with Crippen molar-refractivity contribution in [1.82, 2.24) is 9.88 Å². The Morgan fingerprint density at radius 2 is 1.69 bits per heavy atom. The summed E-state index contributed by atoms with van der Waals surface area (Å²) in [5, 5.41) is 9.82. The number of likely N-dealkylation sites (tertiary alicyclic amines) is 1. The van der Waals surface area contributed by atoms with Crippen LogP contribution in [-0.2, 0) is 22.4 Å². The Labute approximate surface area is 234 Å². The zero-order chi connectivity index (χ0) is 25.4. The van der Waals surface area contributed by atoms with Gasteiger partial charge in [0.25, 0.3) is 0 Å². The van der Waals surface area contributed by atoms with Gasteiger partial charge in [0.2, 0.25) is 5.91 Å². The van der Waals surface area contributed by atoms with E-state index in [1.807, 2.05) is 12.3 Å². The second-order valence-electron chi connectivity index (χ2n) is 10.6. The maximum absolute atomic E-state index is 13.3. The predicted octanol–water partition coefficient (Wildman–Crippen LogP) is 7.01. The van der Waals surface area contributed by atoms with Gasteiger partial charge in [0.05, 0.1) is 5.69 Å². The van der Waals surface area contributed by atoms with Gasteiger partial charge in [-0.25, -0.2) is 0 Å². The van der Waals surface area contributed by atoms with Crippen LogP contribution >= 0.6 is 43.5 Å². The number of aliphatic carboxylic acids is 1. The summed E-state index contributed by atoms with van der Waals surface area (Å²) in [5.41, 5.74) is 5.02. The van der Waals surface area contributed by atoms with Crippen molar-refractivity contribution in [3.8, 4) is 0 Å². The van der Waals surface area contributed by atoms with Crippen molar-refractivity contribution in [2.24, 2.45) is 17.8 Å². The topological polar surface area (TPSA) is 70.5 Å². The Morgan fingerprint density at radius 1 is 1.00 bits per heavy atom. The van der Waals surface area contributed by atoms with Gasteiger partial charge in [0.15, 0.2) is 0 Å². The van der Waals surface area contributed by atoms with E-state index in [2.05, 4.69) is 48.9 Å². The number of carboxylic acids is 1. The molecular formula is C28H31Br2ClN2O3. The maximum atomic E-state index is 13.3. The number of hydrogen-bond donors (Lipinski definition) is 1. The molecule has 1 atom stereocenters. The van der Waals surface area contributed by atoms with E-state index in [4.69, 9.17) is 21.7 Å². The van der Waals surface area contributed by atoms with E-state index in [0.29, 0.717) is 5.92 Å². The van der Waals surface area contributed by atoms with Gasteiger partial charge in [-0.15, -0.1) is 0 Å². The zero-order valence-corrected chi connectivity index (χ0v) is 24.1. The fourth-order valence-electron chi connectivity index (χ4n) is 6.60. The van der Waals surface area contributed by atoms with Crippen LogP contribution in [0.15, 0.2) is 33.3 Å². The molecule has 1 amide bonds. The third-order valence-electron chi connectivity index (χ3n) is 8.40. The number of nitrogens with zero attached hydrogens (tertiary/aromatic N) is 2. The second-order valence-corrected chi connectivity index (χ2v) is 12.8. The Bertz CT molecular complexity index is 1160. The Kier molecular flexibility index (Phi) is 8.09. The Balaban J connectivity index is 1.32. The molecule has 2 aliphatic carbocycles. The van der Waals surface area contributed by atoms with Crippen LogP contribution < -0.4 is 0 Å². The molecule has 3 aliphatic rings. The molecule has 1 N–H and O–H groups in total. The molecule has 5 nitrogen and oxygen atoms in total. The molecule has 2 heterocycles. The summed E-state index contributed by atoms with van der Waals surface area (Å²) in [5.74, 6) is 0.347. The van der Waals surface area contributed by atoms with Crippen molar-refractivity contribution in [3.63, 3.8) is 0 Å². The van der Waals surface area contributed by atoms with Gasteiger partial charge in [-0.05, 0) is 114 Å². The second kappa shape index (κ2) is 11.1. The molecule has 0 radical (unpaired) electrons. The van der Waals surface area contributed by atoms with E-state index < -0.39 is 5.97 Å². The van der Waals surface area contributed by atoms with Crippen molar-refractivity contribution in [2.75, 3.05) is 13.1 Å². The Hall–Kier alpha value is -1.44. The highest BCUT2D eigenvalue weighted by Gasteiger charge is 2.38. The fourth-order valence-corrected chi connectivity index (χ4v) is 8.10. The summed E-state index contributed by atoms with van der Waals surface area (Å²) in [4.78, 5) is 31.3. The molecule has 5 rings (SSSR count). The van der Waals surface area contributed by atoms with Crippen LogP contribution in [0.2, 0.25) is 5.02 Å². The van der Waals surface area contributed by atoms with Gasteiger partial charge in [-0.3, -0.25) is 14.6 Å². The first-order valence-electron chi connectivity index (χ1n) is 12.9. The molecular weight excluding hydrogens is 608 g/mol. The lowest BCUT2D eigenvalue weighted by atomic mass is 9.76. The van der Waals surface area contributed by atoms with E-state index >= 15 is 0 Å². The van der Waals surface area contributed by atoms with Crippen LogP contribution in [-0.4, -0.2) is 40.0 Å². The highest BCUT2D eigenvalue weighted by atomic mass is 79.9. The molecule has 8 heteroatoms. The molecule has 1 saturated heterocycles. The van der Waals surface area contributed by atoms with E-state index in [-0.39, 0.29) is 30.1 Å². The molecule has 2 fully saturated rings. The van der Waals surface area contributed by atoms with Gasteiger partial charge in [-0.2, -0.15) is 0 Å². The lowest BCUT2D eigenvalue weighted by molar-refractivity contribution is -0.139. The number of pyridine rings is 1. The summed E-state index contributed by atoms with van der Waals surface area (Å²) < 4.78 is 2.05. The smallest absolute Gasteiger partial charge is 0.303 e. The van der Waals surface area contributed by atoms with Crippen molar-refractivity contribution in [2.45, 2.75) is 63.7 Å². The maximum Gasteiger partial charge on any atom is 0.303 e. The van der Waals surface area contributed by atoms with E-state index in [0.717, 1.165) is 84.1 Å². The van der Waals surface area contributed by atoms with E-state index in [9.17, 15) is 9.59 Å². The van der Waals surface area contributed by atoms with Crippen molar-refractivity contribution in [3.05, 3.63) is 60.7 Å². The highest BCUT2D eigenvalue weighted by molar-refractivity contribution is 9.10. The first kappa shape index (κ1) is 26.2. The number of aryl methyl sites for hydroxylation is 2. The molecule has 1 aliphatic heterocycles. The van der Waals surface area contributed by atoms with Crippen molar-refractivity contribution < 1.29 is 14.7 Å². The molecule has 2 aromatic rings. The number of fused-ring (bicyclic) bond motifs is 2. The summed E-state index contributed by atoms with van der Waals surface area (Å²) in [6, 6.07) is 6.31. The van der Waals surface area contributed by atoms with Crippen molar-refractivity contribution in [1.29, 1.82) is 0 Å². The van der Waals surface area contributed by atoms with Gasteiger partial charge >= 0.3 is 5.97 Å². The van der Waals surface area contributed by atoms with Crippen LogP contribution in [0.25, 0.3) is 0 Å². The first-order valence-corrected chi connectivity index (χ1v) is 14.9. The van der Waals surface area contributed by atoms with E-state index in [1.54, 1.807) is 0 Å². The monoisotopic (exact) mass is 636 g/mol. The average Bonchev–Trinajstić information content (AvgIpc) is 3.00. The molecule has 192 valence electrons. The summed E-state index contributed by atoms with van der Waals surface area (Å²) >= 11 is 13.9. The number of carbonyl (C=O) groups excluding carboxylic acids is 1. The summed E-state index contributed by atoms with van der Waals surface area (Å²) in [7, 11) is 0. The minimum atomic E-state index is -0.732. The van der Waals surface area contributed by atoms with Gasteiger partial charge in [0.1, 0.15) is 0 Å². The minimum Gasteiger partial charge on any atom is -0.481 e. The summed E-state index contributed by atoms with van der Waals surface area (Å²) in [6.07, 6.45) is 9.17. The SMILES string of the molecule is O=C(O)CC1CCC(C(=O)N2CCC([C@H]3c4ncc(Br)cc4CCc4cc(Cl)cc(Br)c43)CC2)CC1. The number of benzene rings is 1. The zero-order valence-electron chi connectivity index (χ0n) is 20.2. The van der Waals surface area contributed by atoms with Gasteiger partial charge in [0, 0.05) is 51.5 Å². The number of halogens is 3. The standard InChI is InChI=1S/C28H31Br2ClN2O3/c29-21-12-20-6-5-19-13-22(31)14-23(30)25(19)26(27(20)32-15-21)17-7-9-33(10-8-17)28(36)18-3-1-16(2-4-18)11-24(34)35/h12-18,26H,1-11H2,(H,34,35)/t16?,18?,26-/m1/s1. The van der Waals surface area contributed by atoms with E-state index in [1.165, 1.54) is 16.7 Å². The van der Waals surface area contributed by atoms with Gasteiger partial charge < -0.3 is 10.0 Å². The minimum absolute atomic E-state index is 0.0428. The average molecular weight is 639 g/mol. The lowest BCUT2D eigenvalue weighted by Crippen LogP contribution is -2.43. The first-order chi connectivity index (χ1) is 17.3. The number of aromatic nitrogens is 1. The molecule has 0 bridgehead atoms. The molecule has 1 aromatic carbocycles. The van der Waals surface area contributed by atoms with Crippen LogP contribution in [0, 0.1) is 17.8 Å². The summed E-state index contributed by atoms with van der Waals surface area (Å²) in [6.45, 7) is 1.53. The van der Waals surface area contributed by atoms with Crippen LogP contribution in [0.5, 0.6) is 0 Å². The van der Waals surface area contributed by atoms with Crippen LogP contribution in [0.3, 0.4) is 0 Å². The number of piperidine rings is 1. The number of hydrogen-bond acceptors (Lipinski definition) is 3. The van der Waals surface area contributed by atoms with Gasteiger partial charge in [-0.1, -0.05) is 27.5 Å². The fraction of sp³-hybridized carbons (Fsp3) is 0.536. The molecule has 0 unspecified atom stereocenters. The third kappa shape index (κ3) is 5.53. The van der Waals surface area contributed by atoms with Crippen LogP contribution in [0.1, 0.15) is 73.2 Å². The molecule has 1 aromatic heterocycles. The number of carboxylic acid groups (broad SMARTS) is 1. The lowest BCUT2D eigenvalue weighted by Gasteiger charge is -2.39. The number of rotatable bonds is 4. The predicted molar refractivity (Wildman–Crippen MR) is 147 cm³/mol. The largest absolute Gasteiger partial charge is 0.481 e. The Morgan fingerprint density at radius 3 is 2.39 bits per heavy atom. The number of carbonyl (C=O) groups is 2. The highest BCUT2D eigenvalue weighted by Crippen LogP contribution is 2.46.